The summed E-state index contributed by atoms with van der Waals surface area (Å²) in [5.74, 6) is -0.254. The molecule has 20 heavy (non-hydrogen) atoms. The molecule has 0 spiro atoms. The van der Waals surface area contributed by atoms with Crippen LogP contribution in [0.4, 0.5) is 25.1 Å². The molecular weight excluding hydrogens is 279 g/mol. The average Bonchev–Trinajstić information content (AvgIpc) is 2.88. The third kappa shape index (κ3) is 3.32. The summed E-state index contributed by atoms with van der Waals surface area (Å²) in [6.07, 6.45) is -2.86. The Morgan fingerprint density at radius 3 is 2.70 bits per heavy atom. The van der Waals surface area contributed by atoms with Crippen molar-refractivity contribution in [1.29, 1.82) is 0 Å². The van der Waals surface area contributed by atoms with Crippen molar-refractivity contribution < 1.29 is 18.3 Å². The zero-order chi connectivity index (χ0) is 14.8. The molecule has 4 N–H and O–H groups in total. The minimum absolute atomic E-state index is 0.0963. The van der Waals surface area contributed by atoms with E-state index in [-0.39, 0.29) is 17.8 Å². The maximum absolute atomic E-state index is 12.2. The first-order chi connectivity index (χ1) is 9.36. The van der Waals surface area contributed by atoms with Crippen molar-refractivity contribution in [2.45, 2.75) is 12.3 Å². The van der Waals surface area contributed by atoms with Crippen LogP contribution < -0.4 is 11.1 Å². The Kier molecular flexibility index (Phi) is 3.70. The number of imidazole rings is 1. The van der Waals surface area contributed by atoms with Gasteiger partial charge in [-0.25, -0.2) is 4.98 Å². The second-order valence-electron chi connectivity index (χ2n) is 3.73. The van der Waals surface area contributed by atoms with Gasteiger partial charge in [-0.15, -0.1) is 0 Å². The molecule has 2 aromatic rings. The van der Waals surface area contributed by atoms with Crippen LogP contribution in [0.25, 0.3) is 5.95 Å². The normalized spacial score (nSPS) is 13.2. The maximum Gasteiger partial charge on any atom is 0.416 e. The number of nitrogens with zero attached hydrogens (tertiary/aromatic N) is 5. The Morgan fingerprint density at radius 2 is 2.10 bits per heavy atom. The van der Waals surface area contributed by atoms with Gasteiger partial charge < -0.3 is 16.2 Å². The SMILES string of the molecule is Nc1nc(NCC(O)C(F)(F)F)nc(-n2ccnc2)n1. The van der Waals surface area contributed by atoms with E-state index in [2.05, 4.69) is 25.3 Å². The number of halogens is 3. The Hall–Kier alpha value is -2.43. The molecule has 0 fully saturated rings. The Morgan fingerprint density at radius 1 is 1.35 bits per heavy atom. The fourth-order valence-corrected chi connectivity index (χ4v) is 1.26. The molecule has 8 nitrogen and oxygen atoms in total. The van der Waals surface area contributed by atoms with Crippen molar-refractivity contribution in [1.82, 2.24) is 24.5 Å². The molecule has 0 amide bonds. The number of aromatic nitrogens is 5. The number of nitrogens with two attached hydrogens (primary N) is 1. The highest BCUT2D eigenvalue weighted by Gasteiger charge is 2.38. The molecule has 0 aliphatic rings. The van der Waals surface area contributed by atoms with E-state index in [4.69, 9.17) is 10.8 Å². The molecule has 0 saturated carbocycles. The number of hydrogen-bond acceptors (Lipinski definition) is 7. The van der Waals surface area contributed by atoms with Gasteiger partial charge in [-0.2, -0.15) is 28.1 Å². The van der Waals surface area contributed by atoms with Gasteiger partial charge in [0, 0.05) is 12.4 Å². The van der Waals surface area contributed by atoms with Crippen LogP contribution in [0.2, 0.25) is 0 Å². The van der Waals surface area contributed by atoms with E-state index >= 15 is 0 Å². The Labute approximate surface area is 110 Å². The van der Waals surface area contributed by atoms with E-state index in [1.165, 1.54) is 23.3 Å². The fraction of sp³-hybridized carbons (Fsp3) is 0.333. The second kappa shape index (κ2) is 5.28. The van der Waals surface area contributed by atoms with Gasteiger partial charge in [0.25, 0.3) is 0 Å². The lowest BCUT2D eigenvalue weighted by molar-refractivity contribution is -0.198. The molecule has 1 atom stereocenters. The molecular formula is C9H10F3N7O. The summed E-state index contributed by atoms with van der Waals surface area (Å²) in [4.78, 5) is 15.1. The molecule has 2 rings (SSSR count). The summed E-state index contributed by atoms with van der Waals surface area (Å²) in [7, 11) is 0. The van der Waals surface area contributed by atoms with Crippen molar-refractivity contribution in [3.05, 3.63) is 18.7 Å². The van der Waals surface area contributed by atoms with Gasteiger partial charge in [-0.1, -0.05) is 0 Å². The quantitative estimate of drug-likeness (QED) is 0.724. The zero-order valence-corrected chi connectivity index (χ0v) is 9.91. The van der Waals surface area contributed by atoms with Crippen LogP contribution in [0.15, 0.2) is 18.7 Å². The molecule has 0 aromatic carbocycles. The van der Waals surface area contributed by atoms with E-state index < -0.39 is 18.8 Å². The van der Waals surface area contributed by atoms with Crippen molar-refractivity contribution in [3.8, 4) is 5.95 Å². The Bertz CT molecular complexity index is 571. The molecule has 108 valence electrons. The summed E-state index contributed by atoms with van der Waals surface area (Å²) in [5, 5.41) is 11.1. The first-order valence-corrected chi connectivity index (χ1v) is 5.35. The molecule has 0 radical (unpaired) electrons. The Balaban J connectivity index is 2.13. The predicted molar refractivity (Wildman–Crippen MR) is 61.9 cm³/mol. The summed E-state index contributed by atoms with van der Waals surface area (Å²) in [6, 6.07) is 0. The molecule has 0 bridgehead atoms. The van der Waals surface area contributed by atoms with Gasteiger partial charge in [0.2, 0.25) is 17.8 Å². The zero-order valence-electron chi connectivity index (χ0n) is 9.91. The van der Waals surface area contributed by atoms with Crippen LogP contribution in [-0.4, -0.2) is 48.4 Å². The highest BCUT2D eigenvalue weighted by Crippen LogP contribution is 2.20. The molecule has 11 heteroatoms. The van der Waals surface area contributed by atoms with Crippen LogP contribution in [-0.2, 0) is 0 Å². The molecule has 0 saturated heterocycles. The summed E-state index contributed by atoms with van der Waals surface area (Å²) in [5.41, 5.74) is 5.44. The highest BCUT2D eigenvalue weighted by atomic mass is 19.4. The first-order valence-electron chi connectivity index (χ1n) is 5.35. The lowest BCUT2D eigenvalue weighted by Crippen LogP contribution is -2.35. The third-order valence-electron chi connectivity index (χ3n) is 2.21. The van der Waals surface area contributed by atoms with E-state index in [1.54, 1.807) is 0 Å². The van der Waals surface area contributed by atoms with Crippen LogP contribution in [0.5, 0.6) is 0 Å². The largest absolute Gasteiger partial charge is 0.416 e. The monoisotopic (exact) mass is 289 g/mol. The number of rotatable bonds is 4. The molecule has 1 unspecified atom stereocenters. The average molecular weight is 289 g/mol. The lowest BCUT2D eigenvalue weighted by atomic mass is 10.3. The predicted octanol–water partition coefficient (Wildman–Crippen LogP) is -0.0254. The van der Waals surface area contributed by atoms with Crippen LogP contribution in [0.3, 0.4) is 0 Å². The minimum atomic E-state index is -4.72. The molecule has 2 heterocycles. The van der Waals surface area contributed by atoms with Crippen molar-refractivity contribution in [3.63, 3.8) is 0 Å². The van der Waals surface area contributed by atoms with Crippen molar-refractivity contribution >= 4 is 11.9 Å². The highest BCUT2D eigenvalue weighted by molar-refractivity contribution is 5.35. The second-order valence-corrected chi connectivity index (χ2v) is 3.73. The standard InChI is InChI=1S/C9H10F3N7O/c10-9(11,12)5(20)3-15-7-16-6(13)17-8(18-7)19-2-1-14-4-19/h1-2,4-5,20H,3H2,(H3,13,15,16,17,18). The summed E-state index contributed by atoms with van der Waals surface area (Å²) >= 11 is 0. The number of hydrogen-bond donors (Lipinski definition) is 3. The molecule has 0 aliphatic heterocycles. The van der Waals surface area contributed by atoms with Gasteiger partial charge in [0.05, 0.1) is 6.54 Å². The number of anilines is 2. The van der Waals surface area contributed by atoms with Gasteiger partial charge in [0.15, 0.2) is 6.10 Å². The molecule has 2 aromatic heterocycles. The van der Waals surface area contributed by atoms with E-state index in [1.807, 2.05) is 0 Å². The molecule has 0 aliphatic carbocycles. The fourth-order valence-electron chi connectivity index (χ4n) is 1.26. The summed E-state index contributed by atoms with van der Waals surface area (Å²) < 4.78 is 37.9. The van der Waals surface area contributed by atoms with Crippen LogP contribution in [0, 0.1) is 0 Å². The van der Waals surface area contributed by atoms with Crippen LogP contribution >= 0.6 is 0 Å². The number of alkyl halides is 3. The van der Waals surface area contributed by atoms with Gasteiger partial charge in [0.1, 0.15) is 6.33 Å². The van der Waals surface area contributed by atoms with E-state index in [9.17, 15) is 13.2 Å². The van der Waals surface area contributed by atoms with E-state index in [0.29, 0.717) is 0 Å². The topological polar surface area (TPSA) is 115 Å². The maximum atomic E-state index is 12.2. The van der Waals surface area contributed by atoms with Gasteiger partial charge in [-0.05, 0) is 0 Å². The van der Waals surface area contributed by atoms with Crippen molar-refractivity contribution in [2.75, 3.05) is 17.6 Å². The smallest absolute Gasteiger partial charge is 0.382 e. The number of nitrogen functional groups attached to an aromatic ring is 1. The first kappa shape index (κ1) is 14.0. The van der Waals surface area contributed by atoms with Gasteiger partial charge in [-0.3, -0.25) is 4.57 Å². The number of aliphatic hydroxyl groups is 1. The minimum Gasteiger partial charge on any atom is -0.382 e. The number of nitrogens with one attached hydrogen (secondary N) is 1. The van der Waals surface area contributed by atoms with Crippen LogP contribution in [0.1, 0.15) is 0 Å². The van der Waals surface area contributed by atoms with E-state index in [0.717, 1.165) is 0 Å². The number of aliphatic hydroxyl groups excluding tert-OH is 1. The van der Waals surface area contributed by atoms with Gasteiger partial charge >= 0.3 is 6.18 Å². The third-order valence-corrected chi connectivity index (χ3v) is 2.21. The summed E-state index contributed by atoms with van der Waals surface area (Å²) in [6.45, 7) is -0.795. The lowest BCUT2D eigenvalue weighted by Gasteiger charge is -2.15. The van der Waals surface area contributed by atoms with Crippen molar-refractivity contribution in [2.24, 2.45) is 0 Å².